The molecule has 3 aliphatic rings. The highest BCUT2D eigenvalue weighted by Gasteiger charge is 2.38. The molecule has 0 bridgehead atoms. The Bertz CT molecular complexity index is 907. The summed E-state index contributed by atoms with van der Waals surface area (Å²) in [6.45, 7) is 9.50. The number of allylic oxidation sites excluding steroid dienone is 1. The fourth-order valence-electron chi connectivity index (χ4n) is 5.33. The van der Waals surface area contributed by atoms with Crippen molar-refractivity contribution in [3.63, 3.8) is 0 Å². The Balaban J connectivity index is 1.45. The number of carbonyl (C=O) groups excluding carboxylic acids is 2. The van der Waals surface area contributed by atoms with Crippen LogP contribution in [-0.4, -0.2) is 40.5 Å². The Morgan fingerprint density at radius 1 is 1.25 bits per heavy atom. The van der Waals surface area contributed by atoms with Gasteiger partial charge in [0.05, 0.1) is 0 Å². The van der Waals surface area contributed by atoms with E-state index in [2.05, 4.69) is 29.3 Å². The summed E-state index contributed by atoms with van der Waals surface area (Å²) in [5, 5.41) is 6.35. The third-order valence-electron chi connectivity index (χ3n) is 7.60. The third kappa shape index (κ3) is 4.75. The first kappa shape index (κ1) is 23.0. The van der Waals surface area contributed by atoms with Crippen molar-refractivity contribution in [1.82, 2.24) is 15.5 Å². The van der Waals surface area contributed by atoms with Crippen molar-refractivity contribution in [2.45, 2.75) is 96.1 Å². The number of benzene rings is 1. The zero-order chi connectivity index (χ0) is 23.0. The van der Waals surface area contributed by atoms with E-state index in [0.29, 0.717) is 36.9 Å². The molecule has 174 valence electrons. The minimum atomic E-state index is -1.25. The Labute approximate surface area is 190 Å². The first-order chi connectivity index (χ1) is 15.1. The van der Waals surface area contributed by atoms with E-state index in [9.17, 15) is 14.0 Å². The number of alkyl halides is 1. The van der Waals surface area contributed by atoms with Gasteiger partial charge in [0.1, 0.15) is 11.7 Å². The Hall–Kier alpha value is -2.21. The summed E-state index contributed by atoms with van der Waals surface area (Å²) in [6, 6.07) is 5.79. The molecule has 1 aromatic carbocycles. The largest absolute Gasteiger partial charge is 0.329 e. The van der Waals surface area contributed by atoms with Crippen molar-refractivity contribution in [2.24, 2.45) is 5.92 Å². The lowest BCUT2D eigenvalue weighted by molar-refractivity contribution is -0.126. The van der Waals surface area contributed by atoms with Gasteiger partial charge >= 0.3 is 0 Å². The number of hydrogen-bond donors (Lipinski definition) is 2. The number of fused-ring (bicyclic) bond motifs is 1. The van der Waals surface area contributed by atoms with Crippen molar-refractivity contribution in [1.29, 1.82) is 0 Å². The number of nitrogens with zero attached hydrogens (tertiary/aromatic N) is 1. The van der Waals surface area contributed by atoms with Gasteiger partial charge in [0, 0.05) is 29.9 Å². The highest BCUT2D eigenvalue weighted by Crippen LogP contribution is 2.32. The van der Waals surface area contributed by atoms with E-state index in [1.807, 2.05) is 13.0 Å². The van der Waals surface area contributed by atoms with Gasteiger partial charge in [-0.15, -0.1) is 0 Å². The molecule has 1 aliphatic carbocycles. The monoisotopic (exact) mass is 441 g/mol. The molecular formula is C26H36FN3O2. The van der Waals surface area contributed by atoms with Gasteiger partial charge in [-0.3, -0.25) is 9.59 Å². The van der Waals surface area contributed by atoms with Crippen LogP contribution in [0.3, 0.4) is 0 Å². The summed E-state index contributed by atoms with van der Waals surface area (Å²) in [7, 11) is 0. The zero-order valence-electron chi connectivity index (χ0n) is 19.5. The summed E-state index contributed by atoms with van der Waals surface area (Å²) >= 11 is 0. The SMILES string of the molecule is C=C1CCC(N2Cc3cc(C[C@H]4CCCC[C@@H]4NC(C)C(C)(C)F)ccc3C2=O)C(=O)N1. The molecule has 1 aromatic rings. The van der Waals surface area contributed by atoms with Crippen LogP contribution in [0.1, 0.15) is 80.8 Å². The van der Waals surface area contributed by atoms with Crippen LogP contribution in [0.25, 0.3) is 0 Å². The van der Waals surface area contributed by atoms with Crippen LogP contribution in [0, 0.1) is 5.92 Å². The van der Waals surface area contributed by atoms with Crippen molar-refractivity contribution in [3.8, 4) is 0 Å². The Morgan fingerprint density at radius 2 is 2.00 bits per heavy atom. The number of hydrogen-bond acceptors (Lipinski definition) is 3. The van der Waals surface area contributed by atoms with Crippen LogP contribution < -0.4 is 10.6 Å². The second-order valence-corrected chi connectivity index (χ2v) is 10.4. The summed E-state index contributed by atoms with van der Waals surface area (Å²) < 4.78 is 14.4. The average molecular weight is 442 g/mol. The van der Waals surface area contributed by atoms with E-state index in [0.717, 1.165) is 30.5 Å². The summed E-state index contributed by atoms with van der Waals surface area (Å²) in [5.41, 5.74) is 2.39. The lowest BCUT2D eigenvalue weighted by Crippen LogP contribution is -2.50. The second-order valence-electron chi connectivity index (χ2n) is 10.4. The summed E-state index contributed by atoms with van der Waals surface area (Å²) in [6.07, 6.45) is 6.83. The summed E-state index contributed by atoms with van der Waals surface area (Å²) in [5.74, 6) is 0.258. The van der Waals surface area contributed by atoms with Crippen molar-refractivity contribution < 1.29 is 14.0 Å². The van der Waals surface area contributed by atoms with Crippen LogP contribution in [0.4, 0.5) is 4.39 Å². The molecule has 32 heavy (non-hydrogen) atoms. The fraction of sp³-hybridized carbons (Fsp3) is 0.615. The van der Waals surface area contributed by atoms with Crippen LogP contribution in [0.5, 0.6) is 0 Å². The first-order valence-electron chi connectivity index (χ1n) is 12.0. The smallest absolute Gasteiger partial charge is 0.255 e. The molecule has 2 unspecified atom stereocenters. The normalized spacial score (nSPS) is 27.3. The van der Waals surface area contributed by atoms with Gasteiger partial charge in [0.2, 0.25) is 5.91 Å². The van der Waals surface area contributed by atoms with Gasteiger partial charge in [0.25, 0.3) is 5.91 Å². The van der Waals surface area contributed by atoms with Gasteiger partial charge < -0.3 is 15.5 Å². The predicted molar refractivity (Wildman–Crippen MR) is 124 cm³/mol. The molecule has 1 saturated heterocycles. The van der Waals surface area contributed by atoms with E-state index in [4.69, 9.17) is 0 Å². The minimum absolute atomic E-state index is 0.0598. The first-order valence-corrected chi connectivity index (χ1v) is 12.0. The number of nitrogens with one attached hydrogen (secondary N) is 2. The van der Waals surface area contributed by atoms with E-state index in [1.165, 1.54) is 18.4 Å². The third-order valence-corrected chi connectivity index (χ3v) is 7.60. The molecule has 1 saturated carbocycles. The van der Waals surface area contributed by atoms with Crippen LogP contribution >= 0.6 is 0 Å². The van der Waals surface area contributed by atoms with Gasteiger partial charge in [-0.2, -0.15) is 0 Å². The second kappa shape index (κ2) is 8.97. The number of amides is 2. The highest BCUT2D eigenvalue weighted by molar-refractivity contribution is 6.01. The molecular weight excluding hydrogens is 405 g/mol. The van der Waals surface area contributed by atoms with E-state index < -0.39 is 11.7 Å². The quantitative estimate of drug-likeness (QED) is 0.693. The van der Waals surface area contributed by atoms with Crippen molar-refractivity contribution >= 4 is 11.8 Å². The molecule has 5 nitrogen and oxygen atoms in total. The molecule has 4 atom stereocenters. The Kier molecular flexibility index (Phi) is 6.44. The van der Waals surface area contributed by atoms with Crippen LogP contribution in [0.15, 0.2) is 30.5 Å². The van der Waals surface area contributed by atoms with Gasteiger partial charge in [-0.05, 0) is 76.0 Å². The molecule has 4 rings (SSSR count). The van der Waals surface area contributed by atoms with Gasteiger partial charge in [-0.25, -0.2) is 4.39 Å². The maximum Gasteiger partial charge on any atom is 0.255 e. The number of carbonyl (C=O) groups is 2. The molecule has 6 heteroatoms. The van der Waals surface area contributed by atoms with Crippen LogP contribution in [0.2, 0.25) is 0 Å². The molecule has 2 aliphatic heterocycles. The number of piperidine rings is 1. The lowest BCUT2D eigenvalue weighted by atomic mass is 9.79. The van der Waals surface area contributed by atoms with Gasteiger partial charge in [0.15, 0.2) is 0 Å². The highest BCUT2D eigenvalue weighted by atomic mass is 19.1. The molecule has 0 aromatic heterocycles. The van der Waals surface area contributed by atoms with Crippen LogP contribution in [-0.2, 0) is 17.8 Å². The maximum absolute atomic E-state index is 14.4. The average Bonchev–Trinajstić information content (AvgIpc) is 3.04. The predicted octanol–water partition coefficient (Wildman–Crippen LogP) is 4.26. The fourth-order valence-corrected chi connectivity index (χ4v) is 5.33. The van der Waals surface area contributed by atoms with E-state index in [-0.39, 0.29) is 17.9 Å². The van der Waals surface area contributed by atoms with Crippen molar-refractivity contribution in [3.05, 3.63) is 47.2 Å². The number of halogens is 1. The maximum atomic E-state index is 14.4. The molecule has 2 fully saturated rings. The zero-order valence-corrected chi connectivity index (χ0v) is 19.5. The molecule has 2 amide bonds. The topological polar surface area (TPSA) is 61.4 Å². The molecule has 0 spiro atoms. The molecule has 2 heterocycles. The minimum Gasteiger partial charge on any atom is -0.329 e. The molecule has 0 radical (unpaired) electrons. The summed E-state index contributed by atoms with van der Waals surface area (Å²) in [4.78, 5) is 27.1. The van der Waals surface area contributed by atoms with E-state index in [1.54, 1.807) is 18.7 Å². The number of rotatable bonds is 6. The standard InChI is InChI=1S/C26H36FN3O2/c1-16-9-12-23(24(31)28-16)30-15-20-14-18(10-11-21(20)25(30)32)13-19-7-5-6-8-22(19)29-17(2)26(3,4)27/h10-11,14,17,19,22-23,29H,1,5-9,12-13,15H2,2-4H3,(H,28,31)/t17?,19-,22+,23?/m1/s1. The lowest BCUT2D eigenvalue weighted by Gasteiger charge is -2.37. The van der Waals surface area contributed by atoms with Gasteiger partial charge in [-0.1, -0.05) is 31.6 Å². The van der Waals surface area contributed by atoms with E-state index >= 15 is 0 Å². The Morgan fingerprint density at radius 3 is 2.72 bits per heavy atom. The van der Waals surface area contributed by atoms with Crippen molar-refractivity contribution in [2.75, 3.05) is 0 Å². The molecule has 2 N–H and O–H groups in total.